The normalized spacial score (nSPS) is 18.6. The average molecular weight is 435 g/mol. The number of thiocarbonyl (C=S) groups is 1. The van der Waals surface area contributed by atoms with Crippen LogP contribution in [0.4, 0.5) is 0 Å². The third-order valence-corrected chi connectivity index (χ3v) is 6.30. The zero-order valence-electron chi connectivity index (χ0n) is 16.6. The van der Waals surface area contributed by atoms with Crippen molar-refractivity contribution in [2.45, 2.75) is 25.7 Å². The lowest BCUT2D eigenvalue weighted by Crippen LogP contribution is -2.40. The van der Waals surface area contributed by atoms with Crippen LogP contribution in [0.2, 0.25) is 0 Å². The van der Waals surface area contributed by atoms with Crippen molar-refractivity contribution < 1.29 is 19.1 Å². The van der Waals surface area contributed by atoms with Crippen LogP contribution in [0.5, 0.6) is 5.75 Å². The highest BCUT2D eigenvalue weighted by molar-refractivity contribution is 8.26. The highest BCUT2D eigenvalue weighted by Gasteiger charge is 2.31. The molecule has 0 bridgehead atoms. The molecule has 2 amide bonds. The number of amides is 2. The zero-order valence-corrected chi connectivity index (χ0v) is 18.2. The maximum Gasteiger partial charge on any atom is 0.266 e. The van der Waals surface area contributed by atoms with E-state index in [4.69, 9.17) is 21.7 Å². The topological polar surface area (TPSA) is 59.1 Å². The van der Waals surface area contributed by atoms with E-state index in [-0.39, 0.29) is 11.8 Å². The van der Waals surface area contributed by atoms with E-state index in [0.717, 1.165) is 30.6 Å². The Kier molecular flexibility index (Phi) is 8.09. The van der Waals surface area contributed by atoms with Gasteiger partial charge < -0.3 is 14.4 Å². The number of carbonyl (C=O) groups is 2. The molecule has 0 atom stereocenters. The third kappa shape index (κ3) is 6.04. The smallest absolute Gasteiger partial charge is 0.266 e. The van der Waals surface area contributed by atoms with Gasteiger partial charge in [-0.1, -0.05) is 42.5 Å². The van der Waals surface area contributed by atoms with E-state index in [0.29, 0.717) is 48.5 Å². The van der Waals surface area contributed by atoms with Crippen molar-refractivity contribution in [3.05, 3.63) is 34.7 Å². The van der Waals surface area contributed by atoms with Crippen LogP contribution in [-0.2, 0) is 14.3 Å². The summed E-state index contributed by atoms with van der Waals surface area (Å²) in [5.41, 5.74) is 0.938. The number of hydrogen-bond acceptors (Lipinski definition) is 6. The van der Waals surface area contributed by atoms with Crippen LogP contribution in [0.3, 0.4) is 0 Å². The van der Waals surface area contributed by atoms with Gasteiger partial charge in [-0.3, -0.25) is 14.5 Å². The average Bonchev–Trinajstić information content (AvgIpc) is 3.01. The molecule has 0 unspecified atom stereocenters. The molecule has 2 saturated heterocycles. The van der Waals surface area contributed by atoms with Crippen molar-refractivity contribution in [2.24, 2.45) is 0 Å². The van der Waals surface area contributed by atoms with Crippen molar-refractivity contribution in [3.63, 3.8) is 0 Å². The quantitative estimate of drug-likeness (QED) is 0.355. The number of benzene rings is 1. The molecular weight excluding hydrogens is 408 g/mol. The number of carbonyl (C=O) groups excluding carboxylic acids is 2. The van der Waals surface area contributed by atoms with Gasteiger partial charge in [0.15, 0.2) is 0 Å². The number of ether oxygens (including phenoxy) is 2. The first-order valence-electron chi connectivity index (χ1n) is 9.83. The molecule has 2 fully saturated rings. The van der Waals surface area contributed by atoms with Gasteiger partial charge in [0.05, 0.1) is 25.2 Å². The van der Waals surface area contributed by atoms with Gasteiger partial charge in [0.2, 0.25) is 5.91 Å². The number of nitrogens with zero attached hydrogens (tertiary/aromatic N) is 2. The van der Waals surface area contributed by atoms with Crippen molar-refractivity contribution >= 4 is 46.2 Å². The predicted octanol–water partition coefficient (Wildman–Crippen LogP) is 3.32. The van der Waals surface area contributed by atoms with Gasteiger partial charge in [0.25, 0.3) is 5.91 Å². The molecule has 0 N–H and O–H groups in total. The summed E-state index contributed by atoms with van der Waals surface area (Å²) < 4.78 is 11.0. The third-order valence-electron chi connectivity index (χ3n) is 4.92. The van der Waals surface area contributed by atoms with E-state index in [1.807, 2.05) is 35.2 Å². The number of thioether (sulfide) groups is 1. The van der Waals surface area contributed by atoms with E-state index in [1.165, 1.54) is 11.8 Å². The fourth-order valence-corrected chi connectivity index (χ4v) is 4.55. The monoisotopic (exact) mass is 434 g/mol. The Bertz CT molecular complexity index is 773. The van der Waals surface area contributed by atoms with Crippen molar-refractivity contribution in [1.29, 1.82) is 0 Å². The summed E-state index contributed by atoms with van der Waals surface area (Å²) in [6, 6.07) is 7.56. The minimum absolute atomic E-state index is 0.0415. The highest BCUT2D eigenvalue weighted by atomic mass is 32.2. The van der Waals surface area contributed by atoms with Crippen LogP contribution in [-0.4, -0.2) is 65.9 Å². The van der Waals surface area contributed by atoms with Gasteiger partial charge in [-0.15, -0.1) is 0 Å². The number of methoxy groups -OCH3 is 1. The molecule has 8 heteroatoms. The lowest BCUT2D eigenvalue weighted by molar-refractivity contribution is -0.135. The minimum atomic E-state index is -0.0415. The predicted molar refractivity (Wildman–Crippen MR) is 119 cm³/mol. The molecule has 3 rings (SSSR count). The number of morpholine rings is 1. The second kappa shape index (κ2) is 10.8. The first-order valence-corrected chi connectivity index (χ1v) is 11.1. The summed E-state index contributed by atoms with van der Waals surface area (Å²) in [7, 11) is 1.62. The number of unbranched alkanes of at least 4 members (excludes halogenated alkanes) is 2. The fraction of sp³-hybridized carbons (Fsp3) is 0.476. The Balaban J connectivity index is 1.42. The molecule has 2 aliphatic rings. The Morgan fingerprint density at radius 3 is 2.62 bits per heavy atom. The van der Waals surface area contributed by atoms with Crippen LogP contribution in [0.15, 0.2) is 29.2 Å². The molecule has 0 spiro atoms. The van der Waals surface area contributed by atoms with Gasteiger partial charge >= 0.3 is 0 Å². The van der Waals surface area contributed by atoms with Crippen LogP contribution >= 0.6 is 24.0 Å². The summed E-state index contributed by atoms with van der Waals surface area (Å²) in [6.45, 7) is 3.23. The van der Waals surface area contributed by atoms with E-state index in [2.05, 4.69) is 0 Å². The largest absolute Gasteiger partial charge is 0.497 e. The molecule has 6 nitrogen and oxygen atoms in total. The minimum Gasteiger partial charge on any atom is -0.497 e. The molecule has 0 radical (unpaired) electrons. The Morgan fingerprint density at radius 1 is 1.21 bits per heavy atom. The molecule has 1 aromatic rings. The first kappa shape index (κ1) is 21.8. The molecule has 2 heterocycles. The summed E-state index contributed by atoms with van der Waals surface area (Å²) in [6.07, 6.45) is 4.96. The van der Waals surface area contributed by atoms with E-state index in [9.17, 15) is 9.59 Å². The maximum absolute atomic E-state index is 12.7. The SMILES string of the molecule is COc1ccc(C=C2SC(=S)N(CCCCCC(=O)N3CCOCC3)C2=O)cc1. The molecule has 0 aromatic heterocycles. The van der Waals surface area contributed by atoms with E-state index >= 15 is 0 Å². The highest BCUT2D eigenvalue weighted by Crippen LogP contribution is 2.33. The van der Waals surface area contributed by atoms with E-state index < -0.39 is 0 Å². The molecule has 1 aromatic carbocycles. The number of rotatable bonds is 8. The van der Waals surface area contributed by atoms with Gasteiger partial charge in [-0.25, -0.2) is 0 Å². The Morgan fingerprint density at radius 2 is 1.93 bits per heavy atom. The number of hydrogen-bond donors (Lipinski definition) is 0. The molecule has 29 heavy (non-hydrogen) atoms. The lowest BCUT2D eigenvalue weighted by Gasteiger charge is -2.26. The van der Waals surface area contributed by atoms with Crippen LogP contribution < -0.4 is 4.74 Å². The van der Waals surface area contributed by atoms with E-state index in [1.54, 1.807) is 12.0 Å². The molecule has 0 aliphatic carbocycles. The molecule has 156 valence electrons. The van der Waals surface area contributed by atoms with Crippen molar-refractivity contribution in [2.75, 3.05) is 40.0 Å². The van der Waals surface area contributed by atoms with Crippen LogP contribution in [0.25, 0.3) is 6.08 Å². The summed E-state index contributed by atoms with van der Waals surface area (Å²) in [5.74, 6) is 0.934. The molecule has 2 aliphatic heterocycles. The lowest BCUT2D eigenvalue weighted by atomic mass is 10.1. The van der Waals surface area contributed by atoms with Gasteiger partial charge in [0.1, 0.15) is 10.1 Å². The van der Waals surface area contributed by atoms with Crippen LogP contribution in [0.1, 0.15) is 31.2 Å². The molecular formula is C21H26N2O4S2. The second-order valence-corrected chi connectivity index (χ2v) is 8.59. The van der Waals surface area contributed by atoms with Crippen molar-refractivity contribution in [1.82, 2.24) is 9.80 Å². The Hall–Kier alpha value is -1.90. The first-order chi connectivity index (χ1) is 14.1. The summed E-state index contributed by atoms with van der Waals surface area (Å²) in [5, 5.41) is 0. The molecule has 0 saturated carbocycles. The van der Waals surface area contributed by atoms with Gasteiger partial charge in [0, 0.05) is 26.1 Å². The van der Waals surface area contributed by atoms with Crippen molar-refractivity contribution in [3.8, 4) is 5.75 Å². The Labute approximate surface area is 181 Å². The fourth-order valence-electron chi connectivity index (χ4n) is 3.24. The standard InChI is InChI=1S/C21H26N2O4S2/c1-26-17-8-6-16(7-9-17)15-18-20(25)23(21(28)29-18)10-4-2-3-5-19(24)22-11-13-27-14-12-22/h6-9,15H,2-5,10-14H2,1H3. The van der Waals surface area contributed by atoms with Gasteiger partial charge in [-0.05, 0) is 36.6 Å². The second-order valence-electron chi connectivity index (χ2n) is 6.91. The summed E-state index contributed by atoms with van der Waals surface area (Å²) >= 11 is 6.73. The maximum atomic E-state index is 12.7. The zero-order chi connectivity index (χ0) is 20.6. The van der Waals surface area contributed by atoms with Crippen LogP contribution in [0, 0.1) is 0 Å². The summed E-state index contributed by atoms with van der Waals surface area (Å²) in [4.78, 5) is 29.0. The van der Waals surface area contributed by atoms with Gasteiger partial charge in [-0.2, -0.15) is 0 Å².